The summed E-state index contributed by atoms with van der Waals surface area (Å²) in [7, 11) is 0. The van der Waals surface area contributed by atoms with Crippen molar-refractivity contribution in [2.45, 2.75) is 32.8 Å². The van der Waals surface area contributed by atoms with Crippen molar-refractivity contribution in [1.82, 2.24) is 5.32 Å². The number of carbonyl (C=O) groups excluding carboxylic acids is 1. The van der Waals surface area contributed by atoms with Gasteiger partial charge in [0, 0.05) is 12.2 Å². The Morgan fingerprint density at radius 2 is 1.94 bits per heavy atom. The Bertz CT molecular complexity index is 375. The number of hydrogen-bond donors (Lipinski definition) is 3. The molecule has 1 aromatic carbocycles. The van der Waals surface area contributed by atoms with E-state index in [-0.39, 0.29) is 12.6 Å². The standard InChI is InChI=1S/C14H22N2O2/c1-11(2)9-14(3,18)10-15-13(17)16-12-7-5-4-6-8-12/h4-8,11,18H,9-10H2,1-3H3,(H2,15,16,17). The van der Waals surface area contributed by atoms with Crippen molar-refractivity contribution in [3.63, 3.8) is 0 Å². The summed E-state index contributed by atoms with van der Waals surface area (Å²) >= 11 is 0. The second-order valence-electron chi connectivity index (χ2n) is 5.27. The highest BCUT2D eigenvalue weighted by molar-refractivity contribution is 5.89. The predicted octanol–water partition coefficient (Wildman–Crippen LogP) is 2.61. The molecule has 0 spiro atoms. The zero-order valence-corrected chi connectivity index (χ0v) is 11.2. The van der Waals surface area contributed by atoms with Crippen molar-refractivity contribution in [2.75, 3.05) is 11.9 Å². The quantitative estimate of drug-likeness (QED) is 0.752. The van der Waals surface area contributed by atoms with Crippen LogP contribution in [0.5, 0.6) is 0 Å². The molecular weight excluding hydrogens is 228 g/mol. The Labute approximate surface area is 108 Å². The van der Waals surface area contributed by atoms with Crippen LogP contribution in [-0.2, 0) is 0 Å². The van der Waals surface area contributed by atoms with Gasteiger partial charge in [-0.3, -0.25) is 0 Å². The van der Waals surface area contributed by atoms with Crippen LogP contribution in [0.4, 0.5) is 10.5 Å². The molecule has 0 aromatic heterocycles. The van der Waals surface area contributed by atoms with E-state index >= 15 is 0 Å². The molecule has 1 aromatic rings. The Kier molecular flexibility index (Phi) is 5.16. The monoisotopic (exact) mass is 250 g/mol. The van der Waals surface area contributed by atoms with Crippen LogP contribution in [-0.4, -0.2) is 23.3 Å². The summed E-state index contributed by atoms with van der Waals surface area (Å²) < 4.78 is 0. The van der Waals surface area contributed by atoms with Gasteiger partial charge < -0.3 is 15.7 Å². The van der Waals surface area contributed by atoms with Gasteiger partial charge in [-0.1, -0.05) is 32.0 Å². The Hall–Kier alpha value is -1.55. The molecule has 0 aliphatic carbocycles. The van der Waals surface area contributed by atoms with E-state index in [0.29, 0.717) is 12.3 Å². The molecule has 1 rings (SSSR count). The maximum absolute atomic E-state index is 11.6. The van der Waals surface area contributed by atoms with E-state index in [1.54, 1.807) is 6.92 Å². The first-order chi connectivity index (χ1) is 8.39. The summed E-state index contributed by atoms with van der Waals surface area (Å²) in [6, 6.07) is 8.91. The minimum Gasteiger partial charge on any atom is -0.388 e. The fraction of sp³-hybridized carbons (Fsp3) is 0.500. The van der Waals surface area contributed by atoms with Crippen molar-refractivity contribution >= 4 is 11.7 Å². The number of urea groups is 1. The first kappa shape index (κ1) is 14.5. The lowest BCUT2D eigenvalue weighted by atomic mass is 9.94. The van der Waals surface area contributed by atoms with Gasteiger partial charge in [0.05, 0.1) is 5.60 Å². The van der Waals surface area contributed by atoms with Gasteiger partial charge in [-0.2, -0.15) is 0 Å². The molecular formula is C14H22N2O2. The summed E-state index contributed by atoms with van der Waals surface area (Å²) in [5.74, 6) is 0.388. The van der Waals surface area contributed by atoms with E-state index < -0.39 is 5.60 Å². The van der Waals surface area contributed by atoms with E-state index in [4.69, 9.17) is 0 Å². The van der Waals surface area contributed by atoms with Crippen molar-refractivity contribution in [2.24, 2.45) is 5.92 Å². The first-order valence-electron chi connectivity index (χ1n) is 6.21. The molecule has 1 atom stereocenters. The SMILES string of the molecule is CC(C)CC(C)(O)CNC(=O)Nc1ccccc1. The number of anilines is 1. The van der Waals surface area contributed by atoms with Crippen LogP contribution in [0.1, 0.15) is 27.2 Å². The molecule has 0 aliphatic rings. The zero-order valence-electron chi connectivity index (χ0n) is 11.2. The van der Waals surface area contributed by atoms with E-state index in [9.17, 15) is 9.90 Å². The molecule has 0 bridgehead atoms. The third-order valence-electron chi connectivity index (χ3n) is 2.51. The van der Waals surface area contributed by atoms with Crippen LogP contribution in [0.15, 0.2) is 30.3 Å². The molecule has 4 nitrogen and oxygen atoms in total. The third-order valence-corrected chi connectivity index (χ3v) is 2.51. The largest absolute Gasteiger partial charge is 0.388 e. The molecule has 4 heteroatoms. The Balaban J connectivity index is 2.37. The number of carbonyl (C=O) groups is 1. The summed E-state index contributed by atoms with van der Waals surface area (Å²) in [5.41, 5.74) is -0.138. The normalized spacial score (nSPS) is 14.1. The van der Waals surface area contributed by atoms with Crippen molar-refractivity contribution in [3.05, 3.63) is 30.3 Å². The van der Waals surface area contributed by atoms with Crippen molar-refractivity contribution < 1.29 is 9.90 Å². The molecule has 0 saturated heterocycles. The lowest BCUT2D eigenvalue weighted by molar-refractivity contribution is 0.0413. The fourth-order valence-electron chi connectivity index (χ4n) is 1.92. The highest BCUT2D eigenvalue weighted by Crippen LogP contribution is 2.15. The molecule has 0 aliphatic heterocycles. The lowest BCUT2D eigenvalue weighted by Gasteiger charge is -2.25. The van der Waals surface area contributed by atoms with Crippen LogP contribution in [0, 0.1) is 5.92 Å². The second kappa shape index (κ2) is 6.40. The van der Waals surface area contributed by atoms with Gasteiger partial charge in [-0.15, -0.1) is 0 Å². The van der Waals surface area contributed by atoms with Gasteiger partial charge in [0.15, 0.2) is 0 Å². The van der Waals surface area contributed by atoms with Gasteiger partial charge in [0.2, 0.25) is 0 Å². The molecule has 3 N–H and O–H groups in total. The lowest BCUT2D eigenvalue weighted by Crippen LogP contribution is -2.43. The Morgan fingerprint density at radius 3 is 2.50 bits per heavy atom. The number of benzene rings is 1. The summed E-state index contributed by atoms with van der Waals surface area (Å²) in [4.78, 5) is 11.6. The maximum Gasteiger partial charge on any atom is 0.319 e. The van der Waals surface area contributed by atoms with E-state index in [1.807, 2.05) is 44.2 Å². The highest BCUT2D eigenvalue weighted by Gasteiger charge is 2.22. The number of amides is 2. The number of hydrogen-bond acceptors (Lipinski definition) is 2. The molecule has 18 heavy (non-hydrogen) atoms. The Morgan fingerprint density at radius 1 is 1.33 bits per heavy atom. The number of rotatable bonds is 5. The van der Waals surface area contributed by atoms with Crippen LogP contribution < -0.4 is 10.6 Å². The predicted molar refractivity (Wildman–Crippen MR) is 73.5 cm³/mol. The minimum absolute atomic E-state index is 0.240. The molecule has 100 valence electrons. The average Bonchev–Trinajstić information content (AvgIpc) is 2.26. The number of para-hydroxylation sites is 1. The van der Waals surface area contributed by atoms with E-state index in [2.05, 4.69) is 10.6 Å². The van der Waals surface area contributed by atoms with Gasteiger partial charge in [0.1, 0.15) is 0 Å². The molecule has 1 unspecified atom stereocenters. The molecule has 0 fully saturated rings. The molecule has 0 saturated carbocycles. The second-order valence-corrected chi connectivity index (χ2v) is 5.27. The minimum atomic E-state index is -0.873. The fourth-order valence-corrected chi connectivity index (χ4v) is 1.92. The third kappa shape index (κ3) is 5.68. The topological polar surface area (TPSA) is 61.4 Å². The van der Waals surface area contributed by atoms with Gasteiger partial charge >= 0.3 is 6.03 Å². The number of nitrogens with one attached hydrogen (secondary N) is 2. The van der Waals surface area contributed by atoms with Gasteiger partial charge in [-0.05, 0) is 31.4 Å². The summed E-state index contributed by atoms with van der Waals surface area (Å²) in [6.07, 6.45) is 0.651. The van der Waals surface area contributed by atoms with Gasteiger partial charge in [-0.25, -0.2) is 4.79 Å². The van der Waals surface area contributed by atoms with Crippen molar-refractivity contribution in [1.29, 1.82) is 0 Å². The van der Waals surface area contributed by atoms with Gasteiger partial charge in [0.25, 0.3) is 0 Å². The van der Waals surface area contributed by atoms with Crippen LogP contribution in [0.3, 0.4) is 0 Å². The highest BCUT2D eigenvalue weighted by atomic mass is 16.3. The zero-order chi connectivity index (χ0) is 13.6. The van der Waals surface area contributed by atoms with Crippen LogP contribution in [0.2, 0.25) is 0 Å². The van der Waals surface area contributed by atoms with E-state index in [0.717, 1.165) is 5.69 Å². The summed E-state index contributed by atoms with van der Waals surface area (Å²) in [5, 5.41) is 15.4. The molecule has 2 amide bonds. The maximum atomic E-state index is 11.6. The average molecular weight is 250 g/mol. The number of aliphatic hydroxyl groups is 1. The summed E-state index contributed by atoms with van der Waals surface area (Å²) in [6.45, 7) is 6.05. The van der Waals surface area contributed by atoms with Crippen LogP contribution in [0.25, 0.3) is 0 Å². The van der Waals surface area contributed by atoms with E-state index in [1.165, 1.54) is 0 Å². The molecule has 0 heterocycles. The molecule has 0 radical (unpaired) electrons. The van der Waals surface area contributed by atoms with Crippen molar-refractivity contribution in [3.8, 4) is 0 Å². The van der Waals surface area contributed by atoms with Crippen LogP contribution >= 0.6 is 0 Å². The first-order valence-corrected chi connectivity index (χ1v) is 6.21. The smallest absolute Gasteiger partial charge is 0.319 e.